The zero-order chi connectivity index (χ0) is 14.0. The molecule has 3 heteroatoms. The van der Waals surface area contributed by atoms with Gasteiger partial charge in [0, 0.05) is 0 Å². The summed E-state index contributed by atoms with van der Waals surface area (Å²) >= 11 is 0. The highest BCUT2D eigenvalue weighted by Gasteiger charge is 2.49. The molecule has 2 fully saturated rings. The van der Waals surface area contributed by atoms with Gasteiger partial charge >= 0.3 is 0 Å². The van der Waals surface area contributed by atoms with Gasteiger partial charge in [0.05, 0.1) is 25.3 Å². The summed E-state index contributed by atoms with van der Waals surface area (Å²) in [6, 6.07) is 6.14. The predicted octanol–water partition coefficient (Wildman–Crippen LogP) is 3.47. The minimum absolute atomic E-state index is 0.0500. The van der Waals surface area contributed by atoms with E-state index in [-0.39, 0.29) is 5.54 Å². The molecule has 1 aliphatic carbocycles. The summed E-state index contributed by atoms with van der Waals surface area (Å²) in [5.74, 6) is 2.65. The van der Waals surface area contributed by atoms with Gasteiger partial charge in [0.25, 0.3) is 0 Å². The van der Waals surface area contributed by atoms with Crippen molar-refractivity contribution >= 4 is 0 Å². The van der Waals surface area contributed by atoms with Crippen LogP contribution >= 0.6 is 0 Å². The monoisotopic (exact) mass is 275 g/mol. The fraction of sp³-hybridized carbons (Fsp3) is 0.647. The highest BCUT2D eigenvalue weighted by atomic mass is 16.5. The zero-order valence-corrected chi connectivity index (χ0v) is 12.6. The van der Waals surface area contributed by atoms with Crippen LogP contribution in [-0.2, 0) is 5.54 Å². The van der Waals surface area contributed by atoms with E-state index in [1.54, 1.807) is 14.2 Å². The Morgan fingerprint density at radius 1 is 1.05 bits per heavy atom. The van der Waals surface area contributed by atoms with Crippen LogP contribution < -0.4 is 14.8 Å². The van der Waals surface area contributed by atoms with E-state index < -0.39 is 0 Å². The molecular weight excluding hydrogens is 250 g/mol. The normalized spacial score (nSPS) is 26.9. The van der Waals surface area contributed by atoms with Gasteiger partial charge in [0.15, 0.2) is 0 Å². The predicted molar refractivity (Wildman–Crippen MR) is 80.4 cm³/mol. The van der Waals surface area contributed by atoms with Crippen LogP contribution in [0.3, 0.4) is 0 Å². The molecule has 0 radical (unpaired) electrons. The lowest BCUT2D eigenvalue weighted by Gasteiger charge is -2.37. The molecule has 0 spiro atoms. The quantitative estimate of drug-likeness (QED) is 0.912. The fourth-order valence-corrected chi connectivity index (χ4v) is 3.74. The summed E-state index contributed by atoms with van der Waals surface area (Å²) in [6.07, 6.45) is 7.69. The van der Waals surface area contributed by atoms with Gasteiger partial charge in [-0.1, -0.05) is 18.9 Å². The molecular formula is C17H25NO2. The van der Waals surface area contributed by atoms with Crippen LogP contribution in [0, 0.1) is 5.92 Å². The minimum atomic E-state index is 0.0500. The summed E-state index contributed by atoms with van der Waals surface area (Å²) in [4.78, 5) is 0. The van der Waals surface area contributed by atoms with Gasteiger partial charge in [0.1, 0.15) is 11.5 Å². The first-order valence-electron chi connectivity index (χ1n) is 7.78. The van der Waals surface area contributed by atoms with Crippen LogP contribution in [0.2, 0.25) is 0 Å². The van der Waals surface area contributed by atoms with Gasteiger partial charge < -0.3 is 14.8 Å². The summed E-state index contributed by atoms with van der Waals surface area (Å²) < 4.78 is 11.3. The lowest BCUT2D eigenvalue weighted by molar-refractivity contribution is 0.254. The van der Waals surface area contributed by atoms with Gasteiger partial charge in [-0.25, -0.2) is 0 Å². The van der Waals surface area contributed by atoms with Crippen LogP contribution in [0.5, 0.6) is 11.5 Å². The number of hydrogen-bond donors (Lipinski definition) is 1. The van der Waals surface area contributed by atoms with Gasteiger partial charge in [-0.15, -0.1) is 0 Å². The Kier molecular flexibility index (Phi) is 3.88. The van der Waals surface area contributed by atoms with Crippen molar-refractivity contribution in [3.8, 4) is 11.5 Å². The van der Waals surface area contributed by atoms with Crippen molar-refractivity contribution in [3.05, 3.63) is 23.8 Å². The van der Waals surface area contributed by atoms with Crippen LogP contribution in [-0.4, -0.2) is 20.8 Å². The molecule has 3 rings (SSSR count). The second-order valence-corrected chi connectivity index (χ2v) is 6.02. The average molecular weight is 275 g/mol. The molecule has 1 aromatic carbocycles. The standard InChI is InChI=1S/C17H25NO2/c1-19-14-7-6-8-15(20-2)16(14)17(13-9-10-13)11-4-3-5-12-18-17/h6-8,13,18H,3-5,9-12H2,1-2H3. The van der Waals surface area contributed by atoms with E-state index in [4.69, 9.17) is 9.47 Å². The molecule has 1 atom stereocenters. The SMILES string of the molecule is COc1cccc(OC)c1C1(C2CC2)CCCCCN1. The van der Waals surface area contributed by atoms with E-state index in [1.807, 2.05) is 6.07 Å². The first kappa shape index (κ1) is 13.7. The van der Waals surface area contributed by atoms with Gasteiger partial charge in [-0.2, -0.15) is 0 Å². The van der Waals surface area contributed by atoms with E-state index >= 15 is 0 Å². The maximum atomic E-state index is 5.66. The van der Waals surface area contributed by atoms with Gasteiger partial charge in [-0.3, -0.25) is 0 Å². The van der Waals surface area contributed by atoms with Crippen LogP contribution in [0.25, 0.3) is 0 Å². The van der Waals surface area contributed by atoms with Gasteiger partial charge in [-0.05, 0) is 50.3 Å². The lowest BCUT2D eigenvalue weighted by Crippen LogP contribution is -2.44. The first-order chi connectivity index (χ1) is 9.81. The Labute approximate surface area is 121 Å². The molecule has 110 valence electrons. The van der Waals surface area contributed by atoms with Crippen molar-refractivity contribution in [2.45, 2.75) is 44.1 Å². The molecule has 1 aromatic rings. The summed E-state index contributed by atoms with van der Waals surface area (Å²) in [6.45, 7) is 1.09. The molecule has 0 bridgehead atoms. The van der Waals surface area contributed by atoms with Gasteiger partial charge in [0.2, 0.25) is 0 Å². The molecule has 1 heterocycles. The molecule has 1 saturated carbocycles. The number of methoxy groups -OCH3 is 2. The molecule has 1 N–H and O–H groups in total. The highest BCUT2D eigenvalue weighted by molar-refractivity contribution is 5.50. The minimum Gasteiger partial charge on any atom is -0.496 e. The van der Waals surface area contributed by atoms with Crippen molar-refractivity contribution < 1.29 is 9.47 Å². The molecule has 3 nitrogen and oxygen atoms in total. The summed E-state index contributed by atoms with van der Waals surface area (Å²) in [5, 5.41) is 3.86. The molecule has 1 unspecified atom stereocenters. The topological polar surface area (TPSA) is 30.5 Å². The Bertz CT molecular complexity index is 438. The van der Waals surface area contributed by atoms with E-state index in [1.165, 1.54) is 44.1 Å². The number of hydrogen-bond acceptors (Lipinski definition) is 3. The van der Waals surface area contributed by atoms with E-state index in [9.17, 15) is 0 Å². The summed E-state index contributed by atoms with van der Waals surface area (Å²) in [5.41, 5.74) is 1.29. The third kappa shape index (κ3) is 2.28. The van der Waals surface area contributed by atoms with Crippen molar-refractivity contribution in [3.63, 3.8) is 0 Å². The zero-order valence-electron chi connectivity index (χ0n) is 12.6. The van der Waals surface area contributed by atoms with E-state index in [0.29, 0.717) is 0 Å². The lowest BCUT2D eigenvalue weighted by atomic mass is 9.80. The smallest absolute Gasteiger partial charge is 0.127 e. The molecule has 20 heavy (non-hydrogen) atoms. The van der Waals surface area contributed by atoms with Crippen LogP contribution in [0.4, 0.5) is 0 Å². The Balaban J connectivity index is 2.11. The largest absolute Gasteiger partial charge is 0.496 e. The molecule has 1 saturated heterocycles. The van der Waals surface area contributed by atoms with Crippen molar-refractivity contribution in [1.82, 2.24) is 5.32 Å². The number of rotatable bonds is 4. The van der Waals surface area contributed by atoms with Crippen molar-refractivity contribution in [2.24, 2.45) is 5.92 Å². The fourth-order valence-electron chi connectivity index (χ4n) is 3.74. The van der Waals surface area contributed by atoms with Crippen molar-refractivity contribution in [1.29, 1.82) is 0 Å². The average Bonchev–Trinajstić information content (AvgIpc) is 3.32. The summed E-state index contributed by atoms with van der Waals surface area (Å²) in [7, 11) is 3.52. The second kappa shape index (κ2) is 5.65. The van der Waals surface area contributed by atoms with Crippen LogP contribution in [0.1, 0.15) is 44.1 Å². The Hall–Kier alpha value is -1.22. The first-order valence-corrected chi connectivity index (χ1v) is 7.78. The highest BCUT2D eigenvalue weighted by Crippen LogP contribution is 2.54. The number of ether oxygens (including phenoxy) is 2. The van der Waals surface area contributed by atoms with E-state index in [0.717, 1.165) is 24.0 Å². The molecule has 2 aliphatic rings. The second-order valence-electron chi connectivity index (χ2n) is 6.02. The Morgan fingerprint density at radius 2 is 1.75 bits per heavy atom. The molecule has 0 amide bonds. The van der Waals surface area contributed by atoms with E-state index in [2.05, 4.69) is 17.4 Å². The molecule has 1 aliphatic heterocycles. The maximum absolute atomic E-state index is 5.66. The molecule has 0 aromatic heterocycles. The number of benzene rings is 1. The maximum Gasteiger partial charge on any atom is 0.127 e. The number of nitrogens with one attached hydrogen (secondary N) is 1. The van der Waals surface area contributed by atoms with Crippen LogP contribution in [0.15, 0.2) is 18.2 Å². The third-order valence-electron chi connectivity index (χ3n) is 4.84. The van der Waals surface area contributed by atoms with Crippen molar-refractivity contribution in [2.75, 3.05) is 20.8 Å². The third-order valence-corrected chi connectivity index (χ3v) is 4.84. The Morgan fingerprint density at radius 3 is 2.35 bits per heavy atom.